The number of nitrogens with zero attached hydrogens (tertiary/aromatic N) is 1. The van der Waals surface area contributed by atoms with Crippen molar-refractivity contribution in [3.05, 3.63) is 24.1 Å². The number of rotatable bonds is 4. The van der Waals surface area contributed by atoms with Crippen molar-refractivity contribution in [3.63, 3.8) is 0 Å². The Balaban J connectivity index is 1.90. The monoisotopic (exact) mass is 208 g/mol. The molecule has 0 unspecified atom stereocenters. The maximum atomic E-state index is 12.6. The fourth-order valence-corrected chi connectivity index (χ4v) is 2.09. The molecule has 1 heterocycles. The summed E-state index contributed by atoms with van der Waals surface area (Å²) in [5.74, 6) is 0.491. The van der Waals surface area contributed by atoms with E-state index in [0.29, 0.717) is 5.41 Å². The summed E-state index contributed by atoms with van der Waals surface area (Å²) in [6, 6.07) is 3.13. The van der Waals surface area contributed by atoms with Gasteiger partial charge in [-0.05, 0) is 36.8 Å². The first kappa shape index (κ1) is 10.4. The van der Waals surface area contributed by atoms with E-state index in [-0.39, 0.29) is 5.82 Å². The van der Waals surface area contributed by atoms with E-state index in [0.717, 1.165) is 12.4 Å². The van der Waals surface area contributed by atoms with Gasteiger partial charge in [0, 0.05) is 6.54 Å². The van der Waals surface area contributed by atoms with E-state index in [1.165, 1.54) is 37.9 Å². The Morgan fingerprint density at radius 1 is 1.47 bits per heavy atom. The van der Waals surface area contributed by atoms with Crippen molar-refractivity contribution in [2.24, 2.45) is 5.41 Å². The van der Waals surface area contributed by atoms with Crippen LogP contribution in [-0.2, 0) is 0 Å². The lowest BCUT2D eigenvalue weighted by Gasteiger charge is -2.41. The van der Waals surface area contributed by atoms with E-state index in [2.05, 4.69) is 17.2 Å². The van der Waals surface area contributed by atoms with Crippen molar-refractivity contribution in [2.45, 2.75) is 32.6 Å². The zero-order chi connectivity index (χ0) is 10.7. The van der Waals surface area contributed by atoms with Gasteiger partial charge >= 0.3 is 0 Å². The molecule has 0 bridgehead atoms. The zero-order valence-corrected chi connectivity index (χ0v) is 9.09. The van der Waals surface area contributed by atoms with Gasteiger partial charge in [0.25, 0.3) is 0 Å². The largest absolute Gasteiger partial charge is 0.370 e. The molecule has 82 valence electrons. The molecule has 3 heteroatoms. The molecule has 2 nitrogen and oxygen atoms in total. The Morgan fingerprint density at radius 3 is 2.73 bits per heavy atom. The van der Waals surface area contributed by atoms with Gasteiger partial charge in [-0.3, -0.25) is 0 Å². The molecule has 0 amide bonds. The lowest BCUT2D eigenvalue weighted by molar-refractivity contribution is 0.145. The molecule has 0 atom stereocenters. The van der Waals surface area contributed by atoms with Gasteiger partial charge in [-0.1, -0.05) is 13.3 Å². The van der Waals surface area contributed by atoms with Crippen molar-refractivity contribution in [2.75, 3.05) is 11.9 Å². The van der Waals surface area contributed by atoms with E-state index in [4.69, 9.17) is 0 Å². The predicted molar refractivity (Wildman–Crippen MR) is 59.3 cm³/mol. The molecule has 0 spiro atoms. The average molecular weight is 208 g/mol. The Kier molecular flexibility index (Phi) is 2.89. The van der Waals surface area contributed by atoms with Crippen molar-refractivity contribution >= 4 is 5.82 Å². The van der Waals surface area contributed by atoms with Gasteiger partial charge in [-0.15, -0.1) is 0 Å². The molecule has 15 heavy (non-hydrogen) atoms. The molecule has 0 aromatic carbocycles. The van der Waals surface area contributed by atoms with Gasteiger partial charge in [-0.25, -0.2) is 9.37 Å². The second-order valence-corrected chi connectivity index (χ2v) is 4.42. The summed E-state index contributed by atoms with van der Waals surface area (Å²) in [6.07, 6.45) is 6.41. The van der Waals surface area contributed by atoms with Crippen LogP contribution in [0.1, 0.15) is 32.6 Å². The first-order chi connectivity index (χ1) is 7.24. The van der Waals surface area contributed by atoms with Gasteiger partial charge < -0.3 is 5.32 Å². The maximum absolute atomic E-state index is 12.6. The molecule has 2 rings (SSSR count). The van der Waals surface area contributed by atoms with Crippen LogP contribution >= 0.6 is 0 Å². The topological polar surface area (TPSA) is 24.9 Å². The highest BCUT2D eigenvalue weighted by Crippen LogP contribution is 2.43. The number of nitrogens with one attached hydrogen (secondary N) is 1. The third kappa shape index (κ3) is 2.28. The molecule has 1 N–H and O–H groups in total. The third-order valence-corrected chi connectivity index (χ3v) is 3.54. The Labute approximate surface area is 89.9 Å². The van der Waals surface area contributed by atoms with Crippen LogP contribution in [0.5, 0.6) is 0 Å². The second-order valence-electron chi connectivity index (χ2n) is 4.42. The number of halogens is 1. The second kappa shape index (κ2) is 4.17. The summed E-state index contributed by atoms with van der Waals surface area (Å²) in [7, 11) is 0. The first-order valence-electron chi connectivity index (χ1n) is 5.60. The van der Waals surface area contributed by atoms with Crippen molar-refractivity contribution < 1.29 is 4.39 Å². The number of hydrogen-bond acceptors (Lipinski definition) is 2. The van der Waals surface area contributed by atoms with Gasteiger partial charge in [0.15, 0.2) is 0 Å². The summed E-state index contributed by atoms with van der Waals surface area (Å²) in [4.78, 5) is 3.99. The van der Waals surface area contributed by atoms with Crippen LogP contribution in [-0.4, -0.2) is 11.5 Å². The van der Waals surface area contributed by atoms with E-state index in [1.54, 1.807) is 6.07 Å². The van der Waals surface area contributed by atoms with E-state index < -0.39 is 0 Å². The molecule has 1 aromatic rings. The minimum Gasteiger partial charge on any atom is -0.370 e. The van der Waals surface area contributed by atoms with Gasteiger partial charge in [0.2, 0.25) is 0 Å². The lowest BCUT2D eigenvalue weighted by atomic mass is 9.67. The van der Waals surface area contributed by atoms with E-state index >= 15 is 0 Å². The van der Waals surface area contributed by atoms with Crippen LogP contribution in [0.4, 0.5) is 10.2 Å². The van der Waals surface area contributed by atoms with Crippen LogP contribution in [0.2, 0.25) is 0 Å². The van der Waals surface area contributed by atoms with Gasteiger partial charge in [0.1, 0.15) is 11.6 Å². The summed E-state index contributed by atoms with van der Waals surface area (Å²) in [5.41, 5.74) is 0.468. The minimum atomic E-state index is -0.283. The molecule has 1 aliphatic carbocycles. The van der Waals surface area contributed by atoms with Crippen LogP contribution in [0, 0.1) is 11.2 Å². The van der Waals surface area contributed by atoms with Gasteiger partial charge in [0.05, 0.1) is 6.20 Å². The summed E-state index contributed by atoms with van der Waals surface area (Å²) in [6.45, 7) is 3.20. The Bertz CT molecular complexity index is 311. The van der Waals surface area contributed by atoms with Crippen molar-refractivity contribution in [3.8, 4) is 0 Å². The predicted octanol–water partition coefficient (Wildman–Crippen LogP) is 3.21. The summed E-state index contributed by atoms with van der Waals surface area (Å²) in [5, 5.41) is 3.29. The number of hydrogen-bond donors (Lipinski definition) is 1. The quantitative estimate of drug-likeness (QED) is 0.821. The summed E-state index contributed by atoms with van der Waals surface area (Å²) < 4.78 is 12.6. The summed E-state index contributed by atoms with van der Waals surface area (Å²) >= 11 is 0. The molecule has 1 saturated carbocycles. The van der Waals surface area contributed by atoms with E-state index in [9.17, 15) is 4.39 Å². The Morgan fingerprint density at radius 2 is 2.27 bits per heavy atom. The Hall–Kier alpha value is -1.12. The fraction of sp³-hybridized carbons (Fsp3) is 0.583. The SMILES string of the molecule is CCC1(CNc2ccc(F)cn2)CCC1. The normalized spacial score (nSPS) is 18.3. The average Bonchev–Trinajstić information content (AvgIpc) is 2.20. The highest BCUT2D eigenvalue weighted by Gasteiger charge is 2.34. The zero-order valence-electron chi connectivity index (χ0n) is 9.09. The number of aromatic nitrogens is 1. The molecule has 1 fully saturated rings. The molecular weight excluding hydrogens is 191 g/mol. The first-order valence-corrected chi connectivity index (χ1v) is 5.60. The number of anilines is 1. The van der Waals surface area contributed by atoms with Gasteiger partial charge in [-0.2, -0.15) is 0 Å². The molecule has 1 aliphatic rings. The van der Waals surface area contributed by atoms with E-state index in [1.807, 2.05) is 0 Å². The smallest absolute Gasteiger partial charge is 0.141 e. The standard InChI is InChI=1S/C12H17FN2/c1-2-12(6-3-7-12)9-15-11-5-4-10(13)8-14-11/h4-5,8H,2-3,6-7,9H2,1H3,(H,14,15). The lowest BCUT2D eigenvalue weighted by Crippen LogP contribution is -2.36. The molecule has 1 aromatic heterocycles. The van der Waals surface area contributed by atoms with Crippen LogP contribution in [0.15, 0.2) is 18.3 Å². The van der Waals surface area contributed by atoms with Crippen molar-refractivity contribution in [1.29, 1.82) is 0 Å². The van der Waals surface area contributed by atoms with Crippen LogP contribution < -0.4 is 5.32 Å². The van der Waals surface area contributed by atoms with Crippen LogP contribution in [0.25, 0.3) is 0 Å². The highest BCUT2D eigenvalue weighted by atomic mass is 19.1. The third-order valence-electron chi connectivity index (χ3n) is 3.54. The fourth-order valence-electron chi connectivity index (χ4n) is 2.09. The maximum Gasteiger partial charge on any atom is 0.141 e. The molecule has 0 aliphatic heterocycles. The molecule has 0 radical (unpaired) electrons. The van der Waals surface area contributed by atoms with Crippen LogP contribution in [0.3, 0.4) is 0 Å². The van der Waals surface area contributed by atoms with Crippen molar-refractivity contribution in [1.82, 2.24) is 4.98 Å². The number of pyridine rings is 1. The highest BCUT2D eigenvalue weighted by molar-refractivity contribution is 5.34. The minimum absolute atomic E-state index is 0.283. The molecular formula is C12H17FN2. The molecule has 0 saturated heterocycles.